The van der Waals surface area contributed by atoms with Gasteiger partial charge in [0.2, 0.25) is 0 Å². The summed E-state index contributed by atoms with van der Waals surface area (Å²) in [5.74, 6) is -0.295. The van der Waals surface area contributed by atoms with Crippen LogP contribution in [-0.2, 0) is 21.4 Å². The lowest BCUT2D eigenvalue weighted by Gasteiger charge is -2.25. The van der Waals surface area contributed by atoms with Crippen molar-refractivity contribution >= 4 is 17.7 Å². The highest BCUT2D eigenvalue weighted by Crippen LogP contribution is 2.48. The lowest BCUT2D eigenvalue weighted by atomic mass is 9.89. The quantitative estimate of drug-likeness (QED) is 0.257. The minimum Gasteiger partial charge on any atom is -0.481 e. The van der Waals surface area contributed by atoms with Crippen LogP contribution in [-0.4, -0.2) is 22.3 Å². The number of anilines is 1. The zero-order chi connectivity index (χ0) is 28.3. The SMILES string of the molecule is CC.Cc1noc(-c2ccc(-c3ccc(C4(C(=O)O)CC4)cc3)cc2)c1NC(=O)OC1CCCc2ccccc21. The predicted molar refractivity (Wildman–Crippen MR) is 154 cm³/mol. The molecule has 7 nitrogen and oxygen atoms in total. The molecule has 1 aromatic heterocycles. The maximum atomic E-state index is 12.9. The summed E-state index contributed by atoms with van der Waals surface area (Å²) in [6, 6.07) is 23.6. The highest BCUT2D eigenvalue weighted by molar-refractivity contribution is 5.91. The van der Waals surface area contributed by atoms with Gasteiger partial charge >= 0.3 is 12.1 Å². The predicted octanol–water partition coefficient (Wildman–Crippen LogP) is 8.09. The molecule has 4 aromatic rings. The Labute approximate surface area is 234 Å². The average Bonchev–Trinajstić information content (AvgIpc) is 3.74. The molecule has 1 fully saturated rings. The minimum atomic E-state index is -0.756. The maximum Gasteiger partial charge on any atom is 0.412 e. The van der Waals surface area contributed by atoms with Gasteiger partial charge in [-0.1, -0.05) is 91.8 Å². The Morgan fingerprint density at radius 3 is 2.23 bits per heavy atom. The molecule has 2 N–H and O–H groups in total. The van der Waals surface area contributed by atoms with Crippen molar-refractivity contribution in [2.75, 3.05) is 5.32 Å². The van der Waals surface area contributed by atoms with E-state index in [1.165, 1.54) is 5.56 Å². The van der Waals surface area contributed by atoms with E-state index in [0.29, 0.717) is 30.0 Å². The van der Waals surface area contributed by atoms with Crippen LogP contribution in [0.4, 0.5) is 10.5 Å². The van der Waals surface area contributed by atoms with E-state index in [2.05, 4.69) is 16.5 Å². The molecule has 1 heterocycles. The number of aryl methyl sites for hydroxylation is 2. The molecule has 3 aromatic carbocycles. The molecule has 40 heavy (non-hydrogen) atoms. The third-order valence-corrected chi connectivity index (χ3v) is 7.73. The van der Waals surface area contributed by atoms with Gasteiger partial charge in [-0.15, -0.1) is 0 Å². The van der Waals surface area contributed by atoms with Gasteiger partial charge in [0.15, 0.2) is 5.76 Å². The highest BCUT2D eigenvalue weighted by atomic mass is 16.6. The Kier molecular flexibility index (Phi) is 7.74. The molecule has 0 radical (unpaired) electrons. The van der Waals surface area contributed by atoms with E-state index in [0.717, 1.165) is 47.1 Å². The summed E-state index contributed by atoms with van der Waals surface area (Å²) in [4.78, 5) is 24.5. The number of hydrogen-bond donors (Lipinski definition) is 2. The van der Waals surface area contributed by atoms with Crippen molar-refractivity contribution in [2.45, 2.75) is 64.4 Å². The summed E-state index contributed by atoms with van der Waals surface area (Å²) in [6.45, 7) is 5.78. The van der Waals surface area contributed by atoms with Crippen molar-refractivity contribution in [3.05, 3.63) is 95.2 Å². The van der Waals surface area contributed by atoms with Crippen molar-refractivity contribution < 1.29 is 24.0 Å². The molecule has 7 heteroatoms. The van der Waals surface area contributed by atoms with Crippen LogP contribution in [0.15, 0.2) is 77.3 Å². The fourth-order valence-corrected chi connectivity index (χ4v) is 5.35. The number of ether oxygens (including phenoxy) is 1. The van der Waals surface area contributed by atoms with Crippen LogP contribution in [0.1, 0.15) is 68.0 Å². The number of rotatable bonds is 6. The number of nitrogens with one attached hydrogen (secondary N) is 1. The highest BCUT2D eigenvalue weighted by Gasteiger charge is 2.51. The molecule has 1 unspecified atom stereocenters. The summed E-state index contributed by atoms with van der Waals surface area (Å²) in [6.07, 6.45) is 3.32. The van der Waals surface area contributed by atoms with Crippen molar-refractivity contribution in [3.63, 3.8) is 0 Å². The molecule has 1 atom stereocenters. The van der Waals surface area contributed by atoms with E-state index in [1.54, 1.807) is 6.92 Å². The molecule has 1 amide bonds. The van der Waals surface area contributed by atoms with Crippen molar-refractivity contribution in [2.24, 2.45) is 0 Å². The second-order valence-corrected chi connectivity index (χ2v) is 10.1. The zero-order valence-electron chi connectivity index (χ0n) is 23.1. The van der Waals surface area contributed by atoms with Gasteiger partial charge in [0.25, 0.3) is 0 Å². The average molecular weight is 539 g/mol. The molecular weight excluding hydrogens is 504 g/mol. The summed E-state index contributed by atoms with van der Waals surface area (Å²) in [5, 5.41) is 16.5. The van der Waals surface area contributed by atoms with Crippen molar-refractivity contribution in [3.8, 4) is 22.5 Å². The van der Waals surface area contributed by atoms with Gasteiger partial charge in [-0.2, -0.15) is 0 Å². The Bertz CT molecular complexity index is 1500. The molecule has 0 aliphatic heterocycles. The summed E-state index contributed by atoms with van der Waals surface area (Å²) >= 11 is 0. The second-order valence-electron chi connectivity index (χ2n) is 10.1. The van der Waals surface area contributed by atoms with Crippen LogP contribution in [0.3, 0.4) is 0 Å². The first-order chi connectivity index (χ1) is 19.4. The number of benzene rings is 3. The number of aromatic nitrogens is 1. The van der Waals surface area contributed by atoms with Crippen LogP contribution in [0.2, 0.25) is 0 Å². The van der Waals surface area contributed by atoms with E-state index < -0.39 is 17.5 Å². The molecule has 0 saturated heterocycles. The second kappa shape index (κ2) is 11.4. The number of amides is 1. The topological polar surface area (TPSA) is 102 Å². The van der Waals surface area contributed by atoms with E-state index >= 15 is 0 Å². The van der Waals surface area contributed by atoms with E-state index in [4.69, 9.17) is 9.26 Å². The van der Waals surface area contributed by atoms with Crippen molar-refractivity contribution in [1.82, 2.24) is 5.16 Å². The number of carboxylic acid groups (broad SMARTS) is 1. The van der Waals surface area contributed by atoms with Crippen LogP contribution in [0, 0.1) is 6.92 Å². The number of carboxylic acids is 1. The maximum absolute atomic E-state index is 12.9. The fraction of sp³-hybridized carbons (Fsp3) is 0.303. The molecule has 206 valence electrons. The Hall–Kier alpha value is -4.39. The van der Waals surface area contributed by atoms with Gasteiger partial charge in [-0.25, -0.2) is 4.79 Å². The molecule has 6 rings (SSSR count). The summed E-state index contributed by atoms with van der Waals surface area (Å²) < 4.78 is 11.4. The fourth-order valence-electron chi connectivity index (χ4n) is 5.35. The third kappa shape index (κ3) is 5.24. The lowest BCUT2D eigenvalue weighted by molar-refractivity contribution is -0.140. The molecule has 0 spiro atoms. The van der Waals surface area contributed by atoms with Crippen LogP contribution < -0.4 is 5.32 Å². The lowest BCUT2D eigenvalue weighted by Crippen LogP contribution is -2.21. The van der Waals surface area contributed by atoms with Gasteiger partial charge in [-0.05, 0) is 66.8 Å². The first-order valence-electron chi connectivity index (χ1n) is 13.9. The smallest absolute Gasteiger partial charge is 0.412 e. The number of carbonyl (C=O) groups is 2. The first-order valence-corrected chi connectivity index (χ1v) is 13.9. The molecule has 2 aliphatic carbocycles. The van der Waals surface area contributed by atoms with Crippen LogP contribution in [0.25, 0.3) is 22.5 Å². The van der Waals surface area contributed by atoms with Gasteiger partial charge < -0.3 is 14.4 Å². The first kappa shape index (κ1) is 27.2. The summed E-state index contributed by atoms with van der Waals surface area (Å²) in [5.41, 5.74) is 6.22. The van der Waals surface area contributed by atoms with E-state index in [-0.39, 0.29) is 6.10 Å². The van der Waals surface area contributed by atoms with Gasteiger partial charge in [0.05, 0.1) is 5.41 Å². The zero-order valence-corrected chi connectivity index (χ0v) is 23.1. The van der Waals surface area contributed by atoms with E-state index in [9.17, 15) is 14.7 Å². The third-order valence-electron chi connectivity index (χ3n) is 7.73. The van der Waals surface area contributed by atoms with Crippen molar-refractivity contribution in [1.29, 1.82) is 0 Å². The number of carbonyl (C=O) groups excluding carboxylic acids is 1. The largest absolute Gasteiger partial charge is 0.481 e. The van der Waals surface area contributed by atoms with Gasteiger partial charge in [0, 0.05) is 5.56 Å². The normalized spacial score (nSPS) is 16.6. The Balaban J connectivity index is 0.00000158. The van der Waals surface area contributed by atoms with Crippen LogP contribution >= 0.6 is 0 Å². The molecule has 1 saturated carbocycles. The molecule has 0 bridgehead atoms. The Morgan fingerprint density at radius 2 is 1.57 bits per heavy atom. The van der Waals surface area contributed by atoms with Crippen LogP contribution in [0.5, 0.6) is 0 Å². The Morgan fingerprint density at radius 1 is 0.950 bits per heavy atom. The van der Waals surface area contributed by atoms with Gasteiger partial charge in [0.1, 0.15) is 17.5 Å². The number of fused-ring (bicyclic) bond motifs is 1. The minimum absolute atomic E-state index is 0.278. The van der Waals surface area contributed by atoms with E-state index in [1.807, 2.05) is 80.6 Å². The number of hydrogen-bond acceptors (Lipinski definition) is 5. The van der Waals surface area contributed by atoms with Gasteiger partial charge in [-0.3, -0.25) is 10.1 Å². The number of aliphatic carboxylic acids is 1. The monoisotopic (exact) mass is 538 g/mol. The summed E-state index contributed by atoms with van der Waals surface area (Å²) in [7, 11) is 0. The molecular formula is C33H34N2O5. The standard InChI is InChI=1S/C31H28N2O5.C2H6/c1-19-27(32-30(36)37-26-8-4-6-22-5-2-3-7-25(22)26)28(38-33-19)23-11-9-20(10-12-23)21-13-15-24(16-14-21)31(17-18-31)29(34)35;1-2/h2-3,5,7,9-16,26H,4,6,8,17-18H2,1H3,(H,32,36)(H,34,35);1-2H3. The molecule has 2 aliphatic rings. The number of nitrogens with zero attached hydrogens (tertiary/aromatic N) is 1.